The van der Waals surface area contributed by atoms with Gasteiger partial charge in [0.05, 0.1) is 6.61 Å². The molecule has 1 aromatic rings. The molecule has 0 saturated heterocycles. The number of allylic oxidation sites excluding steroid dienone is 1. The lowest BCUT2D eigenvalue weighted by Gasteiger charge is -2.45. The Balaban J connectivity index is 2.10. The number of halogens is 1. The van der Waals surface area contributed by atoms with Crippen molar-refractivity contribution in [3.05, 3.63) is 38.8 Å². The smallest absolute Gasteiger partial charge is 0.345 e. The second-order valence-corrected chi connectivity index (χ2v) is 6.41. The molecule has 21 heavy (non-hydrogen) atoms. The van der Waals surface area contributed by atoms with Gasteiger partial charge in [-0.3, -0.25) is 4.79 Å². The summed E-state index contributed by atoms with van der Waals surface area (Å²) in [6.07, 6.45) is 5.17. The highest BCUT2D eigenvalue weighted by Crippen LogP contribution is 2.52. The highest BCUT2D eigenvalue weighted by Gasteiger charge is 2.42. The van der Waals surface area contributed by atoms with E-state index in [1.165, 1.54) is 6.42 Å². The van der Waals surface area contributed by atoms with Gasteiger partial charge in [-0.2, -0.15) is 0 Å². The predicted molar refractivity (Wildman–Crippen MR) is 81.7 cm³/mol. The number of H-pyrrole nitrogens is 1. The van der Waals surface area contributed by atoms with Gasteiger partial charge in [-0.05, 0) is 43.6 Å². The van der Waals surface area contributed by atoms with Crippen LogP contribution in [-0.2, 0) is 11.2 Å². The number of rotatable bonds is 2. The predicted octanol–water partition coefficient (Wildman–Crippen LogP) is 3.33. The molecule has 0 bridgehead atoms. The number of carbonyl (C=O) groups is 1. The van der Waals surface area contributed by atoms with Crippen LogP contribution in [0.25, 0.3) is 5.57 Å². The zero-order chi connectivity index (χ0) is 15.2. The quantitative estimate of drug-likeness (QED) is 0.673. The number of aromatic amines is 1. The minimum Gasteiger partial charge on any atom is -0.462 e. The zero-order valence-corrected chi connectivity index (χ0v) is 12.8. The molecule has 1 spiro atoms. The highest BCUT2D eigenvalue weighted by molar-refractivity contribution is 6.32. The molecule has 2 aliphatic carbocycles. The molecule has 3 rings (SSSR count). The fourth-order valence-corrected chi connectivity index (χ4v) is 3.80. The Kier molecular flexibility index (Phi) is 3.44. The first kappa shape index (κ1) is 14.4. The Morgan fingerprint density at radius 1 is 1.43 bits per heavy atom. The molecule has 5 heteroatoms. The molecule has 0 atom stereocenters. The van der Waals surface area contributed by atoms with E-state index in [2.05, 4.69) is 11.6 Å². The van der Waals surface area contributed by atoms with Crippen molar-refractivity contribution in [2.75, 3.05) is 6.61 Å². The number of carbonyl (C=O) groups excluding carboxylic acids is 1. The number of hydrogen-bond acceptors (Lipinski definition) is 3. The van der Waals surface area contributed by atoms with Gasteiger partial charge in [0, 0.05) is 11.3 Å². The number of ether oxygens (including phenoxy) is 1. The lowest BCUT2D eigenvalue weighted by molar-refractivity contribution is 0.0524. The topological polar surface area (TPSA) is 59.2 Å². The van der Waals surface area contributed by atoms with Crippen molar-refractivity contribution in [1.82, 2.24) is 4.98 Å². The number of aromatic nitrogens is 1. The van der Waals surface area contributed by atoms with Gasteiger partial charge in [-0.15, -0.1) is 0 Å². The normalized spacial score (nSPS) is 19.0. The largest absolute Gasteiger partial charge is 0.462 e. The van der Waals surface area contributed by atoms with Gasteiger partial charge >= 0.3 is 5.97 Å². The van der Waals surface area contributed by atoms with Crippen LogP contribution in [0.2, 0.25) is 5.15 Å². The van der Waals surface area contributed by atoms with E-state index >= 15 is 0 Å². The summed E-state index contributed by atoms with van der Waals surface area (Å²) in [6, 6.07) is 0. The van der Waals surface area contributed by atoms with E-state index in [4.69, 9.17) is 16.3 Å². The number of fused-ring (bicyclic) bond motifs is 1. The molecule has 0 unspecified atom stereocenters. The van der Waals surface area contributed by atoms with Crippen molar-refractivity contribution >= 4 is 23.1 Å². The van der Waals surface area contributed by atoms with Gasteiger partial charge in [-0.25, -0.2) is 4.79 Å². The Bertz CT molecular complexity index is 685. The first-order valence-corrected chi connectivity index (χ1v) is 7.65. The molecule has 0 aromatic carbocycles. The average Bonchev–Trinajstić information content (AvgIpc) is 2.35. The Labute approximate surface area is 128 Å². The molecule has 0 amide bonds. The standard InChI is InChI=1S/C16H18ClNO3/c1-3-21-15(20)12-13(19)11-9(2)7-16(5-4-6-16)8-10(11)18-14(12)17/h2-8H2,1H3,(H,18,19). The number of esters is 1. The molecule has 1 aromatic heterocycles. The molecule has 1 saturated carbocycles. The second kappa shape index (κ2) is 5.02. The zero-order valence-electron chi connectivity index (χ0n) is 12.1. The van der Waals surface area contributed by atoms with Crippen molar-refractivity contribution in [2.45, 2.75) is 39.0 Å². The van der Waals surface area contributed by atoms with Gasteiger partial charge in [0.15, 0.2) is 0 Å². The van der Waals surface area contributed by atoms with Crippen LogP contribution < -0.4 is 5.43 Å². The lowest BCUT2D eigenvalue weighted by Crippen LogP contribution is -2.38. The van der Waals surface area contributed by atoms with Crippen LogP contribution in [0.5, 0.6) is 0 Å². The Morgan fingerprint density at radius 2 is 2.14 bits per heavy atom. The van der Waals surface area contributed by atoms with Crippen LogP contribution >= 0.6 is 11.6 Å². The van der Waals surface area contributed by atoms with Gasteiger partial charge in [-0.1, -0.05) is 24.6 Å². The summed E-state index contributed by atoms with van der Waals surface area (Å²) < 4.78 is 4.92. The van der Waals surface area contributed by atoms with E-state index in [1.54, 1.807) is 6.92 Å². The summed E-state index contributed by atoms with van der Waals surface area (Å²) in [5.74, 6) is -0.678. The molecule has 0 aliphatic heterocycles. The van der Waals surface area contributed by atoms with E-state index < -0.39 is 5.97 Å². The molecule has 2 aliphatic rings. The fourth-order valence-electron chi connectivity index (χ4n) is 3.52. The van der Waals surface area contributed by atoms with Crippen LogP contribution in [0.15, 0.2) is 11.4 Å². The molecule has 112 valence electrons. The Morgan fingerprint density at radius 3 is 2.71 bits per heavy atom. The molecular weight excluding hydrogens is 290 g/mol. The number of nitrogens with one attached hydrogen (secondary N) is 1. The molecule has 0 radical (unpaired) electrons. The van der Waals surface area contributed by atoms with E-state index in [1.807, 2.05) is 0 Å². The highest BCUT2D eigenvalue weighted by atomic mass is 35.5. The second-order valence-electron chi connectivity index (χ2n) is 6.03. The first-order valence-electron chi connectivity index (χ1n) is 7.27. The molecule has 1 N–H and O–H groups in total. The SMILES string of the molecule is C=C1CC2(CCC2)Cc2[nH]c(Cl)c(C(=O)OCC)c(=O)c21. The van der Waals surface area contributed by atoms with Crippen LogP contribution in [0, 0.1) is 5.41 Å². The summed E-state index contributed by atoms with van der Waals surface area (Å²) in [5, 5.41) is 0.0707. The molecular formula is C16H18ClNO3. The van der Waals surface area contributed by atoms with Crippen LogP contribution in [0.1, 0.15) is 54.2 Å². The maximum Gasteiger partial charge on any atom is 0.345 e. The van der Waals surface area contributed by atoms with E-state index in [0.717, 1.165) is 37.0 Å². The number of hydrogen-bond donors (Lipinski definition) is 1. The minimum absolute atomic E-state index is 0.0707. The first-order chi connectivity index (χ1) is 9.97. The maximum atomic E-state index is 12.6. The molecule has 4 nitrogen and oxygen atoms in total. The summed E-state index contributed by atoms with van der Waals surface area (Å²) in [5.41, 5.74) is 1.92. The molecule has 1 heterocycles. The van der Waals surface area contributed by atoms with E-state index in [0.29, 0.717) is 5.56 Å². The van der Waals surface area contributed by atoms with Crippen LogP contribution in [-0.4, -0.2) is 17.6 Å². The third-order valence-electron chi connectivity index (χ3n) is 4.62. The maximum absolute atomic E-state index is 12.6. The van der Waals surface area contributed by atoms with Gasteiger partial charge in [0.2, 0.25) is 5.43 Å². The summed E-state index contributed by atoms with van der Waals surface area (Å²) in [7, 11) is 0. The average molecular weight is 308 g/mol. The van der Waals surface area contributed by atoms with Crippen molar-refractivity contribution in [3.8, 4) is 0 Å². The third kappa shape index (κ3) is 2.22. The Hall–Kier alpha value is -1.55. The third-order valence-corrected chi connectivity index (χ3v) is 4.91. The summed E-state index contributed by atoms with van der Waals surface area (Å²) >= 11 is 6.11. The lowest BCUT2D eigenvalue weighted by atomic mass is 9.59. The van der Waals surface area contributed by atoms with Crippen molar-refractivity contribution in [1.29, 1.82) is 0 Å². The minimum atomic E-state index is -0.678. The van der Waals surface area contributed by atoms with E-state index in [9.17, 15) is 9.59 Å². The molecule has 1 fully saturated rings. The summed E-state index contributed by atoms with van der Waals surface area (Å²) in [6.45, 7) is 5.95. The van der Waals surface area contributed by atoms with Crippen molar-refractivity contribution < 1.29 is 9.53 Å². The van der Waals surface area contributed by atoms with Gasteiger partial charge in [0.25, 0.3) is 0 Å². The summed E-state index contributed by atoms with van der Waals surface area (Å²) in [4.78, 5) is 27.6. The van der Waals surface area contributed by atoms with Gasteiger partial charge < -0.3 is 9.72 Å². The van der Waals surface area contributed by atoms with E-state index in [-0.39, 0.29) is 28.2 Å². The van der Waals surface area contributed by atoms with Gasteiger partial charge in [0.1, 0.15) is 10.7 Å². The van der Waals surface area contributed by atoms with Crippen LogP contribution in [0.3, 0.4) is 0 Å². The fraction of sp³-hybridized carbons (Fsp3) is 0.500. The van der Waals surface area contributed by atoms with Crippen LogP contribution in [0.4, 0.5) is 0 Å². The van der Waals surface area contributed by atoms with Crippen molar-refractivity contribution in [3.63, 3.8) is 0 Å². The monoisotopic (exact) mass is 307 g/mol. The number of pyridine rings is 1. The van der Waals surface area contributed by atoms with Crippen molar-refractivity contribution in [2.24, 2.45) is 5.41 Å².